The van der Waals surface area contributed by atoms with Gasteiger partial charge in [-0.25, -0.2) is 0 Å². The van der Waals surface area contributed by atoms with E-state index in [0.29, 0.717) is 12.8 Å². The van der Waals surface area contributed by atoms with Crippen molar-refractivity contribution < 1.29 is 9.90 Å². The maximum absolute atomic E-state index is 11.0. The van der Waals surface area contributed by atoms with E-state index in [1.54, 1.807) is 6.92 Å². The van der Waals surface area contributed by atoms with Gasteiger partial charge in [-0.15, -0.1) is 0 Å². The maximum atomic E-state index is 11.0. The number of carbonyl (C=O) groups is 1. The van der Waals surface area contributed by atoms with Gasteiger partial charge in [-0.1, -0.05) is 0 Å². The zero-order valence-electron chi connectivity index (χ0n) is 6.92. The Kier molecular flexibility index (Phi) is 2.88. The van der Waals surface area contributed by atoms with Gasteiger partial charge < -0.3 is 10.0 Å². The minimum Gasteiger partial charge on any atom is -0.393 e. The van der Waals surface area contributed by atoms with Gasteiger partial charge in [0.05, 0.1) is 6.10 Å². The van der Waals surface area contributed by atoms with Gasteiger partial charge in [0.15, 0.2) is 0 Å². The minimum atomic E-state index is -0.289. The van der Waals surface area contributed by atoms with Crippen molar-refractivity contribution in [3.05, 3.63) is 0 Å². The van der Waals surface area contributed by atoms with E-state index >= 15 is 0 Å². The Bertz CT molecular complexity index is 145. The van der Waals surface area contributed by atoms with E-state index in [-0.39, 0.29) is 12.0 Å². The van der Waals surface area contributed by atoms with E-state index in [1.165, 1.54) is 0 Å². The molecule has 1 aliphatic heterocycles. The van der Waals surface area contributed by atoms with Crippen molar-refractivity contribution in [3.63, 3.8) is 0 Å². The molecule has 0 spiro atoms. The predicted molar refractivity (Wildman–Crippen MR) is 42.1 cm³/mol. The smallest absolute Gasteiger partial charge is 0.222 e. The highest BCUT2D eigenvalue weighted by Crippen LogP contribution is 2.10. The van der Waals surface area contributed by atoms with E-state index < -0.39 is 0 Å². The molecule has 0 saturated carbocycles. The van der Waals surface area contributed by atoms with Crippen molar-refractivity contribution in [1.82, 2.24) is 4.90 Å². The molecular formula is C8H15NO2. The second kappa shape index (κ2) is 3.72. The summed E-state index contributed by atoms with van der Waals surface area (Å²) in [6.45, 7) is 3.35. The number of aliphatic hydroxyl groups is 1. The van der Waals surface area contributed by atoms with Crippen LogP contribution < -0.4 is 0 Å². The van der Waals surface area contributed by atoms with Crippen LogP contribution in [0.15, 0.2) is 0 Å². The highest BCUT2D eigenvalue weighted by molar-refractivity contribution is 5.77. The lowest BCUT2D eigenvalue weighted by Crippen LogP contribution is -2.27. The van der Waals surface area contributed by atoms with Crippen molar-refractivity contribution in [2.75, 3.05) is 13.1 Å². The Morgan fingerprint density at radius 1 is 1.73 bits per heavy atom. The molecule has 0 aromatic heterocycles. The molecule has 1 rings (SSSR count). The molecule has 1 unspecified atom stereocenters. The van der Waals surface area contributed by atoms with Crippen molar-refractivity contribution in [3.8, 4) is 0 Å². The van der Waals surface area contributed by atoms with Crippen LogP contribution in [-0.2, 0) is 4.79 Å². The number of likely N-dealkylation sites (tertiary alicyclic amines) is 1. The molecule has 11 heavy (non-hydrogen) atoms. The number of hydrogen-bond donors (Lipinski definition) is 1. The molecule has 64 valence electrons. The monoisotopic (exact) mass is 157 g/mol. The molecule has 1 N–H and O–H groups in total. The Hall–Kier alpha value is -0.570. The van der Waals surface area contributed by atoms with Crippen LogP contribution in [0.4, 0.5) is 0 Å². The lowest BCUT2D eigenvalue weighted by Gasteiger charge is -2.15. The van der Waals surface area contributed by atoms with E-state index in [4.69, 9.17) is 5.11 Å². The molecular weight excluding hydrogens is 142 g/mol. The lowest BCUT2D eigenvalue weighted by molar-refractivity contribution is -0.127. The lowest BCUT2D eigenvalue weighted by atomic mass is 10.3. The molecule has 1 fully saturated rings. The second-order valence-corrected chi connectivity index (χ2v) is 3.12. The summed E-state index contributed by atoms with van der Waals surface area (Å²) in [4.78, 5) is 12.9. The summed E-state index contributed by atoms with van der Waals surface area (Å²) in [5, 5.41) is 8.96. The normalized spacial score (nSPS) is 20.9. The molecule has 1 atom stereocenters. The van der Waals surface area contributed by atoms with Gasteiger partial charge in [0.2, 0.25) is 5.91 Å². The van der Waals surface area contributed by atoms with Crippen LogP contribution in [0.5, 0.6) is 0 Å². The maximum Gasteiger partial charge on any atom is 0.222 e. The molecule has 1 heterocycles. The minimum absolute atomic E-state index is 0.241. The van der Waals surface area contributed by atoms with Crippen molar-refractivity contribution in [2.45, 2.75) is 32.3 Å². The summed E-state index contributed by atoms with van der Waals surface area (Å²) in [6.07, 6.45) is 2.09. The van der Waals surface area contributed by atoms with Crippen molar-refractivity contribution >= 4 is 5.91 Å². The molecule has 0 bridgehead atoms. The van der Waals surface area contributed by atoms with Crippen LogP contribution in [0, 0.1) is 0 Å². The summed E-state index contributed by atoms with van der Waals surface area (Å²) >= 11 is 0. The van der Waals surface area contributed by atoms with Crippen LogP contribution in [0.1, 0.15) is 26.2 Å². The van der Waals surface area contributed by atoms with Crippen LogP contribution >= 0.6 is 0 Å². The third-order valence-electron chi connectivity index (χ3n) is 1.99. The standard InChI is InChI=1S/C8H15NO2/c1-7(10)4-6-9-5-2-3-8(9)11/h7,10H,2-6H2,1H3. The fraction of sp³-hybridized carbons (Fsp3) is 0.875. The summed E-state index contributed by atoms with van der Waals surface area (Å²) in [5.41, 5.74) is 0. The zero-order valence-corrected chi connectivity index (χ0v) is 6.92. The summed E-state index contributed by atoms with van der Waals surface area (Å²) in [5.74, 6) is 0.241. The largest absolute Gasteiger partial charge is 0.393 e. The average molecular weight is 157 g/mol. The van der Waals surface area contributed by atoms with Crippen LogP contribution in [0.3, 0.4) is 0 Å². The molecule has 0 aromatic rings. The quantitative estimate of drug-likeness (QED) is 0.643. The Morgan fingerprint density at radius 3 is 2.91 bits per heavy atom. The van der Waals surface area contributed by atoms with Crippen molar-refractivity contribution in [2.24, 2.45) is 0 Å². The zero-order chi connectivity index (χ0) is 8.27. The van der Waals surface area contributed by atoms with Gasteiger partial charge in [-0.2, -0.15) is 0 Å². The number of hydrogen-bond acceptors (Lipinski definition) is 2. The topological polar surface area (TPSA) is 40.5 Å². The van der Waals surface area contributed by atoms with E-state index in [9.17, 15) is 4.79 Å². The van der Waals surface area contributed by atoms with Crippen LogP contribution in [-0.4, -0.2) is 35.1 Å². The molecule has 1 aliphatic rings. The number of nitrogens with zero attached hydrogens (tertiary/aromatic N) is 1. The Morgan fingerprint density at radius 2 is 2.45 bits per heavy atom. The SMILES string of the molecule is CC(O)CCN1CCCC1=O. The number of amides is 1. The third kappa shape index (κ3) is 2.50. The average Bonchev–Trinajstić information content (AvgIpc) is 2.31. The van der Waals surface area contributed by atoms with E-state index in [2.05, 4.69) is 0 Å². The van der Waals surface area contributed by atoms with E-state index in [1.807, 2.05) is 4.90 Å². The van der Waals surface area contributed by atoms with Gasteiger partial charge in [0.25, 0.3) is 0 Å². The molecule has 0 aliphatic carbocycles. The molecule has 3 nitrogen and oxygen atoms in total. The third-order valence-corrected chi connectivity index (χ3v) is 1.99. The fourth-order valence-corrected chi connectivity index (χ4v) is 1.28. The summed E-state index contributed by atoms with van der Waals surface area (Å²) < 4.78 is 0. The van der Waals surface area contributed by atoms with Gasteiger partial charge >= 0.3 is 0 Å². The first-order chi connectivity index (χ1) is 5.20. The van der Waals surface area contributed by atoms with Crippen LogP contribution in [0.25, 0.3) is 0 Å². The predicted octanol–water partition coefficient (Wildman–Crippen LogP) is 0.380. The Balaban J connectivity index is 2.20. The Labute approximate surface area is 67.0 Å². The molecule has 0 aromatic carbocycles. The van der Waals surface area contributed by atoms with Gasteiger partial charge in [0.1, 0.15) is 0 Å². The first-order valence-electron chi connectivity index (χ1n) is 4.16. The molecule has 1 amide bonds. The first-order valence-corrected chi connectivity index (χ1v) is 4.16. The fourth-order valence-electron chi connectivity index (χ4n) is 1.28. The summed E-state index contributed by atoms with van der Waals surface area (Å²) in [6, 6.07) is 0. The van der Waals surface area contributed by atoms with E-state index in [0.717, 1.165) is 19.5 Å². The molecule has 1 saturated heterocycles. The highest BCUT2D eigenvalue weighted by Gasteiger charge is 2.19. The van der Waals surface area contributed by atoms with Gasteiger partial charge in [0, 0.05) is 19.5 Å². The van der Waals surface area contributed by atoms with Crippen LogP contribution in [0.2, 0.25) is 0 Å². The van der Waals surface area contributed by atoms with Crippen molar-refractivity contribution in [1.29, 1.82) is 0 Å². The molecule has 3 heteroatoms. The van der Waals surface area contributed by atoms with Gasteiger partial charge in [-0.3, -0.25) is 4.79 Å². The highest BCUT2D eigenvalue weighted by atomic mass is 16.3. The van der Waals surface area contributed by atoms with Gasteiger partial charge in [-0.05, 0) is 19.8 Å². The number of rotatable bonds is 3. The number of carbonyl (C=O) groups excluding carboxylic acids is 1. The molecule has 0 radical (unpaired) electrons. The summed E-state index contributed by atoms with van der Waals surface area (Å²) in [7, 11) is 0. The number of aliphatic hydroxyl groups excluding tert-OH is 1. The first kappa shape index (κ1) is 8.53. The second-order valence-electron chi connectivity index (χ2n) is 3.12.